The molecular formula is C12H14O3S. The molecule has 1 aromatic rings. The predicted octanol–water partition coefficient (Wildman–Crippen LogP) is 2.14. The molecule has 1 aromatic carbocycles. The molecule has 0 bridgehead atoms. The van der Waals surface area contributed by atoms with Gasteiger partial charge in [0.2, 0.25) is 0 Å². The molecule has 1 unspecified atom stereocenters. The van der Waals surface area contributed by atoms with Gasteiger partial charge in [0.25, 0.3) is 0 Å². The standard InChI is InChI=1S/C12H14O3S/c13-9-10-4-3-5-11(8-10)12-6-1-2-7-16(12,14)15/h3-5,8-9,12H,1-2,6-7H2. The molecule has 0 amide bonds. The van der Waals surface area contributed by atoms with Crippen LogP contribution in [0.1, 0.15) is 40.4 Å². The lowest BCUT2D eigenvalue weighted by atomic mass is 10.0. The summed E-state index contributed by atoms with van der Waals surface area (Å²) in [5.74, 6) is 0.267. The zero-order valence-electron chi connectivity index (χ0n) is 8.93. The average molecular weight is 238 g/mol. The Morgan fingerprint density at radius 2 is 2.06 bits per heavy atom. The topological polar surface area (TPSA) is 51.2 Å². The Balaban J connectivity index is 2.38. The number of hydrogen-bond acceptors (Lipinski definition) is 3. The zero-order chi connectivity index (χ0) is 11.6. The van der Waals surface area contributed by atoms with Crippen LogP contribution in [0.4, 0.5) is 0 Å². The first-order valence-electron chi connectivity index (χ1n) is 5.40. The summed E-state index contributed by atoms with van der Waals surface area (Å²) < 4.78 is 23.8. The number of benzene rings is 1. The van der Waals surface area contributed by atoms with Crippen molar-refractivity contribution in [2.75, 3.05) is 5.75 Å². The van der Waals surface area contributed by atoms with Crippen LogP contribution in [-0.2, 0) is 9.84 Å². The van der Waals surface area contributed by atoms with Crippen molar-refractivity contribution < 1.29 is 13.2 Å². The molecule has 1 aliphatic rings. The molecule has 4 heteroatoms. The lowest BCUT2D eigenvalue weighted by Crippen LogP contribution is -2.21. The molecule has 0 saturated carbocycles. The summed E-state index contributed by atoms with van der Waals surface area (Å²) >= 11 is 0. The van der Waals surface area contributed by atoms with Crippen molar-refractivity contribution in [3.63, 3.8) is 0 Å². The van der Waals surface area contributed by atoms with Gasteiger partial charge in [-0.05, 0) is 24.5 Å². The van der Waals surface area contributed by atoms with Crippen LogP contribution >= 0.6 is 0 Å². The normalized spacial score (nSPS) is 23.9. The Bertz CT molecular complexity index is 491. The third kappa shape index (κ3) is 2.16. The summed E-state index contributed by atoms with van der Waals surface area (Å²) in [4.78, 5) is 10.7. The first-order valence-corrected chi connectivity index (χ1v) is 7.12. The first-order chi connectivity index (χ1) is 7.63. The molecule has 2 rings (SSSR count). The van der Waals surface area contributed by atoms with E-state index in [0.717, 1.165) is 24.7 Å². The lowest BCUT2D eigenvalue weighted by Gasteiger charge is -2.22. The highest BCUT2D eigenvalue weighted by Gasteiger charge is 2.30. The van der Waals surface area contributed by atoms with E-state index >= 15 is 0 Å². The summed E-state index contributed by atoms with van der Waals surface area (Å²) in [5.41, 5.74) is 1.29. The average Bonchev–Trinajstić information content (AvgIpc) is 2.28. The molecule has 0 N–H and O–H groups in total. The van der Waals surface area contributed by atoms with Crippen LogP contribution in [0, 0.1) is 0 Å². The maximum Gasteiger partial charge on any atom is 0.157 e. The second kappa shape index (κ2) is 4.37. The first kappa shape index (κ1) is 11.3. The molecular weight excluding hydrogens is 224 g/mol. The SMILES string of the molecule is O=Cc1cccc(C2CCCCS2(=O)=O)c1. The van der Waals surface area contributed by atoms with E-state index in [1.807, 2.05) is 0 Å². The van der Waals surface area contributed by atoms with E-state index in [9.17, 15) is 13.2 Å². The van der Waals surface area contributed by atoms with Crippen LogP contribution in [0.15, 0.2) is 24.3 Å². The number of sulfone groups is 1. The number of rotatable bonds is 2. The summed E-state index contributed by atoms with van der Waals surface area (Å²) in [6, 6.07) is 6.90. The van der Waals surface area contributed by atoms with Gasteiger partial charge in [0, 0.05) is 5.56 Å². The Morgan fingerprint density at radius 1 is 1.25 bits per heavy atom. The van der Waals surface area contributed by atoms with E-state index in [1.165, 1.54) is 0 Å². The van der Waals surface area contributed by atoms with Crippen LogP contribution in [0.5, 0.6) is 0 Å². The molecule has 1 heterocycles. The monoisotopic (exact) mass is 238 g/mol. The molecule has 1 fully saturated rings. The van der Waals surface area contributed by atoms with Crippen LogP contribution in [0.2, 0.25) is 0 Å². The third-order valence-corrected chi connectivity index (χ3v) is 5.23. The molecule has 16 heavy (non-hydrogen) atoms. The van der Waals surface area contributed by atoms with Gasteiger partial charge >= 0.3 is 0 Å². The fourth-order valence-electron chi connectivity index (χ4n) is 2.16. The van der Waals surface area contributed by atoms with Crippen molar-refractivity contribution in [1.29, 1.82) is 0 Å². The highest BCUT2D eigenvalue weighted by molar-refractivity contribution is 7.91. The highest BCUT2D eigenvalue weighted by atomic mass is 32.2. The van der Waals surface area contributed by atoms with E-state index in [4.69, 9.17) is 0 Å². The summed E-state index contributed by atoms with van der Waals surface area (Å²) in [6.45, 7) is 0. The van der Waals surface area contributed by atoms with E-state index in [0.29, 0.717) is 12.0 Å². The molecule has 0 spiro atoms. The van der Waals surface area contributed by atoms with Crippen molar-refractivity contribution in [2.45, 2.75) is 24.5 Å². The van der Waals surface area contributed by atoms with Gasteiger partial charge in [-0.1, -0.05) is 24.6 Å². The van der Waals surface area contributed by atoms with Gasteiger partial charge in [0.1, 0.15) is 6.29 Å². The van der Waals surface area contributed by atoms with Gasteiger partial charge in [-0.3, -0.25) is 4.79 Å². The fraction of sp³-hybridized carbons (Fsp3) is 0.417. The lowest BCUT2D eigenvalue weighted by molar-refractivity contribution is 0.112. The van der Waals surface area contributed by atoms with Crippen molar-refractivity contribution in [1.82, 2.24) is 0 Å². The second-order valence-corrected chi connectivity index (χ2v) is 6.44. The van der Waals surface area contributed by atoms with Gasteiger partial charge in [-0.25, -0.2) is 8.42 Å². The minimum Gasteiger partial charge on any atom is -0.298 e. The molecule has 0 aromatic heterocycles. The molecule has 0 radical (unpaired) electrons. The number of hydrogen-bond donors (Lipinski definition) is 0. The van der Waals surface area contributed by atoms with E-state index in [2.05, 4.69) is 0 Å². The van der Waals surface area contributed by atoms with E-state index in [1.54, 1.807) is 24.3 Å². The number of aldehydes is 1. The smallest absolute Gasteiger partial charge is 0.157 e. The van der Waals surface area contributed by atoms with E-state index < -0.39 is 15.1 Å². The minimum atomic E-state index is -3.02. The van der Waals surface area contributed by atoms with Crippen LogP contribution in [-0.4, -0.2) is 20.5 Å². The van der Waals surface area contributed by atoms with Crippen molar-refractivity contribution >= 4 is 16.1 Å². The highest BCUT2D eigenvalue weighted by Crippen LogP contribution is 2.33. The van der Waals surface area contributed by atoms with Gasteiger partial charge in [0.15, 0.2) is 9.84 Å². The Labute approximate surface area is 95.4 Å². The molecule has 3 nitrogen and oxygen atoms in total. The quantitative estimate of drug-likeness (QED) is 0.742. The molecule has 1 saturated heterocycles. The van der Waals surface area contributed by atoms with Crippen molar-refractivity contribution in [3.05, 3.63) is 35.4 Å². The maximum atomic E-state index is 11.9. The molecule has 86 valence electrons. The fourth-order valence-corrected chi connectivity index (χ4v) is 4.14. The summed E-state index contributed by atoms with van der Waals surface area (Å²) in [7, 11) is -3.02. The van der Waals surface area contributed by atoms with Crippen LogP contribution < -0.4 is 0 Å². The molecule has 0 aliphatic carbocycles. The van der Waals surface area contributed by atoms with Crippen molar-refractivity contribution in [2.24, 2.45) is 0 Å². The van der Waals surface area contributed by atoms with Gasteiger partial charge in [-0.2, -0.15) is 0 Å². The Hall–Kier alpha value is -1.16. The van der Waals surface area contributed by atoms with Crippen molar-refractivity contribution in [3.8, 4) is 0 Å². The predicted molar refractivity (Wildman–Crippen MR) is 62.2 cm³/mol. The molecule has 1 aliphatic heterocycles. The number of carbonyl (C=O) groups excluding carboxylic acids is 1. The Kier molecular flexibility index (Phi) is 3.10. The summed E-state index contributed by atoms with van der Waals surface area (Å²) in [5, 5.41) is -0.416. The van der Waals surface area contributed by atoms with Crippen LogP contribution in [0.3, 0.4) is 0 Å². The number of carbonyl (C=O) groups is 1. The van der Waals surface area contributed by atoms with E-state index in [-0.39, 0.29) is 5.75 Å². The minimum absolute atomic E-state index is 0.267. The second-order valence-electron chi connectivity index (χ2n) is 4.14. The summed E-state index contributed by atoms with van der Waals surface area (Å²) in [6.07, 6.45) is 3.12. The van der Waals surface area contributed by atoms with Crippen LogP contribution in [0.25, 0.3) is 0 Å². The van der Waals surface area contributed by atoms with Gasteiger partial charge in [0.05, 0.1) is 11.0 Å². The molecule has 1 atom stereocenters. The Morgan fingerprint density at radius 3 is 2.75 bits per heavy atom. The zero-order valence-corrected chi connectivity index (χ0v) is 9.74. The van der Waals surface area contributed by atoms with Gasteiger partial charge in [-0.15, -0.1) is 0 Å². The van der Waals surface area contributed by atoms with Gasteiger partial charge < -0.3 is 0 Å². The third-order valence-electron chi connectivity index (χ3n) is 3.00. The largest absolute Gasteiger partial charge is 0.298 e. The maximum absolute atomic E-state index is 11.9.